The Morgan fingerprint density at radius 2 is 1.64 bits per heavy atom. The molecule has 0 spiro atoms. The predicted molar refractivity (Wildman–Crippen MR) is 79.3 cm³/mol. The van der Waals surface area contributed by atoms with Gasteiger partial charge < -0.3 is 0 Å². The van der Waals surface area contributed by atoms with Crippen molar-refractivity contribution in [3.05, 3.63) is 47.8 Å². The number of hydrogen-bond acceptors (Lipinski definition) is 3. The van der Waals surface area contributed by atoms with Crippen molar-refractivity contribution in [3.8, 4) is 0 Å². The second kappa shape index (κ2) is 4.88. The zero-order valence-electron chi connectivity index (χ0n) is 11.9. The predicted octanol–water partition coefficient (Wildman–Crippen LogP) is 1.68. The summed E-state index contributed by atoms with van der Waals surface area (Å²) in [5.41, 5.74) is 1.02. The van der Waals surface area contributed by atoms with E-state index in [4.69, 9.17) is 0 Å². The van der Waals surface area contributed by atoms with Crippen molar-refractivity contribution in [3.63, 3.8) is 0 Å². The minimum Gasteiger partial charge on any atom is -0.297 e. The molecule has 0 bridgehead atoms. The molecule has 2 amide bonds. The molecule has 4 nitrogen and oxygen atoms in total. The molecular formula is C17H15FN2O2. The van der Waals surface area contributed by atoms with Gasteiger partial charge in [-0.3, -0.25) is 19.8 Å². The van der Waals surface area contributed by atoms with Gasteiger partial charge in [0.05, 0.1) is 11.8 Å². The highest BCUT2D eigenvalue weighted by Gasteiger charge is 2.47. The summed E-state index contributed by atoms with van der Waals surface area (Å²) in [7, 11) is 0. The van der Waals surface area contributed by atoms with Gasteiger partial charge in [-0.15, -0.1) is 0 Å². The number of hydrogen-bond donors (Lipinski definition) is 1. The second-order valence-corrected chi connectivity index (χ2v) is 6.01. The average Bonchev–Trinajstić information content (AvgIpc) is 3.04. The van der Waals surface area contributed by atoms with Crippen LogP contribution >= 0.6 is 0 Å². The molecule has 2 atom stereocenters. The molecule has 0 aliphatic carbocycles. The van der Waals surface area contributed by atoms with Crippen LogP contribution in [-0.2, 0) is 16.1 Å². The van der Waals surface area contributed by atoms with Crippen LogP contribution in [0.15, 0.2) is 36.4 Å². The van der Waals surface area contributed by atoms with E-state index in [2.05, 4.69) is 10.2 Å². The smallest absolute Gasteiger partial charge is 0.231 e. The third kappa shape index (κ3) is 2.01. The third-order valence-corrected chi connectivity index (χ3v) is 4.67. The summed E-state index contributed by atoms with van der Waals surface area (Å²) in [6.07, 6.45) is 0. The number of fused-ring (bicyclic) bond motifs is 2. The van der Waals surface area contributed by atoms with Gasteiger partial charge in [-0.05, 0) is 17.0 Å². The lowest BCUT2D eigenvalue weighted by atomic mass is 10.00. The first-order chi connectivity index (χ1) is 10.6. The van der Waals surface area contributed by atoms with Crippen molar-refractivity contribution < 1.29 is 14.0 Å². The molecule has 0 radical (unpaired) electrons. The van der Waals surface area contributed by atoms with Crippen molar-refractivity contribution in [2.45, 2.75) is 6.54 Å². The Kier molecular flexibility index (Phi) is 2.97. The number of benzene rings is 2. The molecule has 2 heterocycles. The van der Waals surface area contributed by atoms with E-state index in [1.165, 1.54) is 6.07 Å². The van der Waals surface area contributed by atoms with Crippen molar-refractivity contribution in [1.29, 1.82) is 0 Å². The van der Waals surface area contributed by atoms with E-state index < -0.39 is 0 Å². The van der Waals surface area contributed by atoms with Crippen LogP contribution in [-0.4, -0.2) is 29.8 Å². The Hall–Kier alpha value is -2.27. The summed E-state index contributed by atoms with van der Waals surface area (Å²) < 4.78 is 13.9. The molecular weight excluding hydrogens is 283 g/mol. The molecule has 0 aromatic heterocycles. The first-order valence-electron chi connectivity index (χ1n) is 7.36. The molecule has 2 fully saturated rings. The van der Waals surface area contributed by atoms with Gasteiger partial charge in [0.25, 0.3) is 0 Å². The lowest BCUT2D eigenvalue weighted by Crippen LogP contribution is -2.31. The minimum absolute atomic E-state index is 0.165. The Balaban J connectivity index is 1.62. The van der Waals surface area contributed by atoms with Crippen LogP contribution in [0.25, 0.3) is 10.8 Å². The number of likely N-dealkylation sites (tertiary alicyclic amines) is 1. The van der Waals surface area contributed by atoms with Gasteiger partial charge in [0, 0.05) is 25.0 Å². The van der Waals surface area contributed by atoms with Crippen LogP contribution in [0.1, 0.15) is 5.56 Å². The summed E-state index contributed by atoms with van der Waals surface area (Å²) >= 11 is 0. The molecule has 2 aromatic rings. The fourth-order valence-electron chi connectivity index (χ4n) is 3.56. The van der Waals surface area contributed by atoms with Crippen LogP contribution in [0.3, 0.4) is 0 Å². The maximum Gasteiger partial charge on any atom is 0.231 e. The Bertz CT molecular complexity index is 767. The molecule has 0 saturated carbocycles. The number of nitrogens with one attached hydrogen (secondary N) is 1. The number of carbonyl (C=O) groups is 2. The van der Waals surface area contributed by atoms with Crippen LogP contribution in [0.4, 0.5) is 4.39 Å². The van der Waals surface area contributed by atoms with Gasteiger partial charge in [-0.25, -0.2) is 4.39 Å². The quantitative estimate of drug-likeness (QED) is 0.858. The van der Waals surface area contributed by atoms with Gasteiger partial charge in [0.2, 0.25) is 11.8 Å². The first kappa shape index (κ1) is 13.4. The van der Waals surface area contributed by atoms with Gasteiger partial charge in [0.1, 0.15) is 5.82 Å². The lowest BCUT2D eigenvalue weighted by Gasteiger charge is -2.18. The first-order valence-corrected chi connectivity index (χ1v) is 7.36. The van der Waals surface area contributed by atoms with E-state index in [1.54, 1.807) is 12.1 Å². The standard InChI is InChI=1S/C17H15FN2O2/c18-15-6-5-10(11-3-1-2-4-12(11)15)7-20-8-13-14(9-20)17(22)19-16(13)21/h1-6,13-14H,7-9H2,(H,19,21,22)/t13-,14+. The highest BCUT2D eigenvalue weighted by Crippen LogP contribution is 2.31. The maximum atomic E-state index is 13.9. The number of rotatable bonds is 2. The summed E-state index contributed by atoms with van der Waals surface area (Å²) in [5.74, 6) is -1.03. The van der Waals surface area contributed by atoms with Crippen molar-refractivity contribution in [2.75, 3.05) is 13.1 Å². The SMILES string of the molecule is O=C1NC(=O)[C@@H]2CN(Cc3ccc(F)c4ccccc34)C[C@H]12. The number of amides is 2. The molecule has 0 unspecified atom stereocenters. The molecule has 4 rings (SSSR count). The van der Waals surface area contributed by atoms with E-state index in [0.29, 0.717) is 25.0 Å². The molecule has 112 valence electrons. The van der Waals surface area contributed by atoms with Crippen molar-refractivity contribution in [1.82, 2.24) is 10.2 Å². The Morgan fingerprint density at radius 3 is 2.32 bits per heavy atom. The molecule has 2 aliphatic heterocycles. The third-order valence-electron chi connectivity index (χ3n) is 4.67. The summed E-state index contributed by atoms with van der Waals surface area (Å²) in [5, 5.41) is 3.88. The number of nitrogens with zero attached hydrogens (tertiary/aromatic N) is 1. The fraction of sp³-hybridized carbons (Fsp3) is 0.294. The number of imide groups is 1. The van der Waals surface area contributed by atoms with Crippen LogP contribution in [0.2, 0.25) is 0 Å². The number of halogens is 1. The minimum atomic E-state index is -0.237. The maximum absolute atomic E-state index is 13.9. The fourth-order valence-corrected chi connectivity index (χ4v) is 3.56. The van der Waals surface area contributed by atoms with Gasteiger partial charge in [-0.1, -0.05) is 30.3 Å². The van der Waals surface area contributed by atoms with Crippen LogP contribution in [0, 0.1) is 17.7 Å². The molecule has 22 heavy (non-hydrogen) atoms. The normalized spacial score (nSPS) is 24.8. The highest BCUT2D eigenvalue weighted by molar-refractivity contribution is 6.05. The van der Waals surface area contributed by atoms with Gasteiger partial charge in [0.15, 0.2) is 0 Å². The molecule has 2 aromatic carbocycles. The van der Waals surface area contributed by atoms with E-state index in [-0.39, 0.29) is 29.5 Å². The second-order valence-electron chi connectivity index (χ2n) is 6.01. The van der Waals surface area contributed by atoms with Crippen LogP contribution < -0.4 is 5.32 Å². The molecule has 5 heteroatoms. The largest absolute Gasteiger partial charge is 0.297 e. The van der Waals surface area contributed by atoms with E-state index >= 15 is 0 Å². The van der Waals surface area contributed by atoms with Gasteiger partial charge >= 0.3 is 0 Å². The van der Waals surface area contributed by atoms with Crippen molar-refractivity contribution >= 4 is 22.6 Å². The van der Waals surface area contributed by atoms with Crippen LogP contribution in [0.5, 0.6) is 0 Å². The van der Waals surface area contributed by atoms with Gasteiger partial charge in [-0.2, -0.15) is 0 Å². The molecule has 2 saturated heterocycles. The summed E-state index contributed by atoms with van der Waals surface area (Å²) in [6.45, 7) is 1.77. The number of carbonyl (C=O) groups excluding carboxylic acids is 2. The average molecular weight is 298 g/mol. The monoisotopic (exact) mass is 298 g/mol. The zero-order chi connectivity index (χ0) is 15.3. The Labute approximate surface area is 126 Å². The molecule has 2 aliphatic rings. The van der Waals surface area contributed by atoms with E-state index in [0.717, 1.165) is 10.9 Å². The summed E-state index contributed by atoms with van der Waals surface area (Å²) in [4.78, 5) is 25.5. The zero-order valence-corrected chi connectivity index (χ0v) is 11.9. The lowest BCUT2D eigenvalue weighted by molar-refractivity contribution is -0.126. The Morgan fingerprint density at radius 1 is 1.00 bits per heavy atom. The topological polar surface area (TPSA) is 49.4 Å². The highest BCUT2D eigenvalue weighted by atomic mass is 19.1. The molecule has 1 N–H and O–H groups in total. The van der Waals surface area contributed by atoms with Crippen molar-refractivity contribution in [2.24, 2.45) is 11.8 Å². The van der Waals surface area contributed by atoms with E-state index in [1.807, 2.05) is 18.2 Å². The van der Waals surface area contributed by atoms with E-state index in [9.17, 15) is 14.0 Å². The summed E-state index contributed by atoms with van der Waals surface area (Å²) in [6, 6.07) is 10.6.